The van der Waals surface area contributed by atoms with Gasteiger partial charge in [-0.2, -0.15) is 3.15 Å². The summed E-state index contributed by atoms with van der Waals surface area (Å²) in [7, 11) is 0. The minimum absolute atomic E-state index is 0.0409. The van der Waals surface area contributed by atoms with Gasteiger partial charge in [-0.1, -0.05) is 74.5 Å². The summed E-state index contributed by atoms with van der Waals surface area (Å²) in [5.74, 6) is 0.902. The van der Waals surface area contributed by atoms with Crippen LogP contribution in [0.25, 0.3) is 49.4 Å². The molecule has 0 spiro atoms. The molecular formula is C31H21IN2O. The van der Waals surface area contributed by atoms with Gasteiger partial charge >= 0.3 is 0 Å². The van der Waals surface area contributed by atoms with Crippen LogP contribution in [0.2, 0.25) is 0 Å². The van der Waals surface area contributed by atoms with E-state index in [0.717, 1.165) is 17.1 Å². The molecule has 0 fully saturated rings. The van der Waals surface area contributed by atoms with E-state index in [1.54, 1.807) is 0 Å². The van der Waals surface area contributed by atoms with Gasteiger partial charge in [0.25, 0.3) is 0 Å². The molecule has 5 aromatic carbocycles. The van der Waals surface area contributed by atoms with Crippen LogP contribution in [0.1, 0.15) is 25.0 Å². The number of hydrogen-bond donors (Lipinski definition) is 0. The summed E-state index contributed by atoms with van der Waals surface area (Å²) in [5, 5.41) is 5.08. The monoisotopic (exact) mass is 564 g/mol. The van der Waals surface area contributed by atoms with Gasteiger partial charge in [0.15, 0.2) is 5.75 Å². The van der Waals surface area contributed by atoms with Crippen LogP contribution in [0.5, 0.6) is 5.75 Å². The highest BCUT2D eigenvalue weighted by Crippen LogP contribution is 2.51. The number of nitrogens with zero attached hydrogens (tertiary/aromatic N) is 2. The fourth-order valence-electron chi connectivity index (χ4n) is 6.16. The minimum atomic E-state index is -0.638. The number of fused-ring (bicyclic) bond motifs is 9. The second kappa shape index (κ2) is 6.79. The van der Waals surface area contributed by atoms with Gasteiger partial charge in [0.2, 0.25) is 21.4 Å². The standard InChI is InChI=1S/C31H21IN2O/c1-31(2)24-10-5-3-8-19(24)23-16-18-14-15-21-20-9-4-6-11-26(20)34(30(21)22(18)17-25(23)31)27-12-7-13-28-29(27)33-32-35-28/h3-17H,1-2H3. The molecule has 0 bridgehead atoms. The summed E-state index contributed by atoms with van der Waals surface area (Å²) in [6.45, 7) is 4.70. The predicted molar refractivity (Wildman–Crippen MR) is 153 cm³/mol. The molecule has 0 N–H and O–H groups in total. The van der Waals surface area contributed by atoms with Crippen molar-refractivity contribution in [1.82, 2.24) is 4.57 Å². The maximum Gasteiger partial charge on any atom is 0.238 e. The van der Waals surface area contributed by atoms with E-state index >= 15 is 0 Å². The van der Waals surface area contributed by atoms with Gasteiger partial charge < -0.3 is 7.63 Å². The lowest BCUT2D eigenvalue weighted by molar-refractivity contribution is 0.661. The fourth-order valence-corrected chi connectivity index (χ4v) is 7.51. The van der Waals surface area contributed by atoms with E-state index in [1.165, 1.54) is 54.8 Å². The molecular weight excluding hydrogens is 543 g/mol. The molecule has 0 saturated carbocycles. The third kappa shape index (κ3) is 2.50. The quantitative estimate of drug-likeness (QED) is 0.183. The Morgan fingerprint density at radius 1 is 0.743 bits per heavy atom. The number of halogens is 1. The average Bonchev–Trinajstić information content (AvgIpc) is 3.56. The first-order valence-electron chi connectivity index (χ1n) is 11.9. The Bertz CT molecular complexity index is 1910. The Kier molecular flexibility index (Phi) is 3.83. The SMILES string of the molecule is CC1(C)c2ccccc2-c2cc3ccc4c5ccccc5n(-c5cccc6c5N=IO6)c4c3cc21. The maximum atomic E-state index is 5.90. The lowest BCUT2D eigenvalue weighted by Gasteiger charge is -2.22. The van der Waals surface area contributed by atoms with Crippen LogP contribution >= 0.6 is 21.4 Å². The molecule has 0 saturated heterocycles. The molecule has 8 rings (SSSR count). The summed E-state index contributed by atoms with van der Waals surface area (Å²) < 4.78 is 13.1. The van der Waals surface area contributed by atoms with Crippen molar-refractivity contribution < 1.29 is 3.07 Å². The number of rotatable bonds is 1. The lowest BCUT2D eigenvalue weighted by Crippen LogP contribution is -2.14. The van der Waals surface area contributed by atoms with E-state index in [4.69, 9.17) is 6.21 Å². The van der Waals surface area contributed by atoms with Crippen molar-refractivity contribution in [3.05, 3.63) is 102 Å². The van der Waals surface area contributed by atoms with Crippen LogP contribution in [0.15, 0.2) is 94.1 Å². The number of para-hydroxylation sites is 1. The highest BCUT2D eigenvalue weighted by atomic mass is 127. The van der Waals surface area contributed by atoms with Crippen molar-refractivity contribution in [3.8, 4) is 22.6 Å². The van der Waals surface area contributed by atoms with Crippen molar-refractivity contribution in [2.75, 3.05) is 0 Å². The van der Waals surface area contributed by atoms with Crippen LogP contribution in [-0.2, 0) is 5.41 Å². The lowest BCUT2D eigenvalue weighted by atomic mass is 9.82. The van der Waals surface area contributed by atoms with E-state index in [-0.39, 0.29) is 5.41 Å². The fraction of sp³-hybridized carbons (Fsp3) is 0.0968. The van der Waals surface area contributed by atoms with Crippen molar-refractivity contribution in [2.24, 2.45) is 3.15 Å². The molecule has 0 radical (unpaired) electrons. The zero-order valence-electron chi connectivity index (χ0n) is 19.3. The number of benzene rings is 5. The second-order valence-corrected chi connectivity index (χ2v) is 11.3. The van der Waals surface area contributed by atoms with Crippen molar-refractivity contribution in [3.63, 3.8) is 0 Å². The van der Waals surface area contributed by atoms with Crippen LogP contribution in [-0.4, -0.2) is 4.57 Å². The third-order valence-corrected chi connectivity index (χ3v) is 9.16. The van der Waals surface area contributed by atoms with Crippen molar-refractivity contribution >= 4 is 59.7 Å². The summed E-state index contributed by atoms with van der Waals surface area (Å²) in [6.07, 6.45) is 0. The average molecular weight is 564 g/mol. The maximum absolute atomic E-state index is 5.90. The smallest absolute Gasteiger partial charge is 0.238 e. The molecule has 6 aromatic rings. The van der Waals surface area contributed by atoms with E-state index in [1.807, 2.05) is 6.07 Å². The summed E-state index contributed by atoms with van der Waals surface area (Å²) in [5.41, 5.74) is 10.00. The first-order valence-corrected chi connectivity index (χ1v) is 13.7. The topological polar surface area (TPSA) is 26.5 Å². The highest BCUT2D eigenvalue weighted by molar-refractivity contribution is 14.1. The third-order valence-electron chi connectivity index (χ3n) is 7.81. The summed E-state index contributed by atoms with van der Waals surface area (Å²) in [4.78, 5) is 0. The van der Waals surface area contributed by atoms with Crippen LogP contribution in [0.4, 0.5) is 5.69 Å². The first kappa shape index (κ1) is 19.8. The molecule has 4 heteroatoms. The zero-order chi connectivity index (χ0) is 23.3. The van der Waals surface area contributed by atoms with E-state index in [9.17, 15) is 0 Å². The molecule has 0 atom stereocenters. The zero-order valence-corrected chi connectivity index (χ0v) is 21.5. The van der Waals surface area contributed by atoms with Crippen molar-refractivity contribution in [2.45, 2.75) is 19.3 Å². The second-order valence-electron chi connectivity index (χ2n) is 9.96. The molecule has 2 heterocycles. The normalized spacial score (nSPS) is 15.1. The minimum Gasteiger partial charge on any atom is -0.417 e. The summed E-state index contributed by atoms with van der Waals surface area (Å²) >= 11 is -0.638. The van der Waals surface area contributed by atoms with Crippen LogP contribution < -0.4 is 3.07 Å². The van der Waals surface area contributed by atoms with Gasteiger partial charge in [-0.3, -0.25) is 0 Å². The highest BCUT2D eigenvalue weighted by Gasteiger charge is 2.35. The van der Waals surface area contributed by atoms with E-state index in [0.29, 0.717) is 0 Å². The number of hydrogen-bond acceptors (Lipinski definition) is 2. The Hall–Kier alpha value is -3.51. The van der Waals surface area contributed by atoms with E-state index in [2.05, 4.69) is 103 Å². The predicted octanol–water partition coefficient (Wildman–Crippen LogP) is 9.34. The molecule has 1 aromatic heterocycles. The van der Waals surface area contributed by atoms with Gasteiger partial charge in [0, 0.05) is 21.6 Å². The van der Waals surface area contributed by atoms with Gasteiger partial charge in [0.05, 0.1) is 16.7 Å². The largest absolute Gasteiger partial charge is 0.417 e. The molecule has 168 valence electrons. The van der Waals surface area contributed by atoms with Crippen LogP contribution in [0.3, 0.4) is 0 Å². The molecule has 35 heavy (non-hydrogen) atoms. The Balaban J connectivity index is 1.56. The Labute approximate surface area is 213 Å². The first-order chi connectivity index (χ1) is 17.1. The summed E-state index contributed by atoms with van der Waals surface area (Å²) in [6, 6.07) is 33.3. The molecule has 0 unspecified atom stereocenters. The molecule has 0 amide bonds. The van der Waals surface area contributed by atoms with Gasteiger partial charge in [-0.15, -0.1) is 0 Å². The molecule has 2 aliphatic rings. The molecule has 1 aliphatic heterocycles. The Morgan fingerprint density at radius 3 is 2.54 bits per heavy atom. The Morgan fingerprint density at radius 2 is 1.60 bits per heavy atom. The molecule has 1 aliphatic carbocycles. The molecule has 3 nitrogen and oxygen atoms in total. The number of aromatic nitrogens is 1. The van der Waals surface area contributed by atoms with Crippen molar-refractivity contribution in [1.29, 1.82) is 0 Å². The van der Waals surface area contributed by atoms with Gasteiger partial charge in [0.1, 0.15) is 5.69 Å². The van der Waals surface area contributed by atoms with Gasteiger partial charge in [-0.25, -0.2) is 0 Å². The van der Waals surface area contributed by atoms with Gasteiger partial charge in [-0.05, 0) is 58.0 Å². The van der Waals surface area contributed by atoms with E-state index < -0.39 is 21.4 Å². The van der Waals surface area contributed by atoms with Crippen LogP contribution in [0, 0.1) is 0 Å².